The van der Waals surface area contributed by atoms with Crippen molar-refractivity contribution in [3.8, 4) is 11.3 Å². The van der Waals surface area contributed by atoms with Crippen LogP contribution in [0, 0.1) is 0 Å². The highest BCUT2D eigenvalue weighted by atomic mass is 35.5. The molecule has 2 aromatic rings. The number of halogens is 1. The molecule has 0 amide bonds. The summed E-state index contributed by atoms with van der Waals surface area (Å²) >= 11 is 5.90. The molecule has 0 saturated carbocycles. The van der Waals surface area contributed by atoms with Gasteiger partial charge in [-0.3, -0.25) is 4.79 Å². The van der Waals surface area contributed by atoms with Gasteiger partial charge in [-0.25, -0.2) is 9.48 Å². The molecule has 0 atom stereocenters. The van der Waals surface area contributed by atoms with Gasteiger partial charge in [-0.1, -0.05) is 37.1 Å². The van der Waals surface area contributed by atoms with Gasteiger partial charge in [0.2, 0.25) is 0 Å². The Morgan fingerprint density at radius 1 is 1.26 bits per heavy atom. The number of benzene rings is 1. The fourth-order valence-electron chi connectivity index (χ4n) is 2.12. The van der Waals surface area contributed by atoms with Crippen LogP contribution in [-0.4, -0.2) is 22.4 Å². The fourth-order valence-corrected chi connectivity index (χ4v) is 2.24. The third-order valence-corrected chi connectivity index (χ3v) is 3.59. The van der Waals surface area contributed by atoms with E-state index in [9.17, 15) is 9.59 Å². The number of aromatic nitrogens is 2. The van der Waals surface area contributed by atoms with E-state index in [2.05, 4.69) is 5.10 Å². The van der Waals surface area contributed by atoms with E-state index in [0.717, 1.165) is 18.4 Å². The lowest BCUT2D eigenvalue weighted by Gasteiger charge is -2.10. The zero-order valence-electron chi connectivity index (χ0n) is 13.2. The third-order valence-electron chi connectivity index (χ3n) is 3.33. The fraction of sp³-hybridized carbons (Fsp3) is 0.353. The molecule has 0 N–H and O–H groups in total. The summed E-state index contributed by atoms with van der Waals surface area (Å²) in [7, 11) is 0. The lowest BCUT2D eigenvalue weighted by Crippen LogP contribution is -2.30. The second-order valence-corrected chi connectivity index (χ2v) is 5.49. The zero-order valence-corrected chi connectivity index (χ0v) is 14.0. The number of carbonyl (C=O) groups excluding carboxylic acids is 1. The van der Waals surface area contributed by atoms with Gasteiger partial charge >= 0.3 is 5.97 Å². The van der Waals surface area contributed by atoms with E-state index < -0.39 is 11.5 Å². The van der Waals surface area contributed by atoms with Crippen molar-refractivity contribution in [1.29, 1.82) is 0 Å². The second kappa shape index (κ2) is 7.92. The van der Waals surface area contributed by atoms with Gasteiger partial charge in [0.05, 0.1) is 12.3 Å². The molecule has 2 rings (SSSR count). The molecule has 0 aliphatic rings. The quantitative estimate of drug-likeness (QED) is 0.758. The van der Waals surface area contributed by atoms with Crippen LogP contribution in [0.4, 0.5) is 0 Å². The Bertz CT molecular complexity index is 738. The SMILES string of the molecule is CCCCn1nc(-c2ccc(Cl)cc2)cc(C(=O)OCC)c1=O. The van der Waals surface area contributed by atoms with Crippen molar-refractivity contribution in [2.75, 3.05) is 6.61 Å². The van der Waals surface area contributed by atoms with Gasteiger partial charge in [0, 0.05) is 17.1 Å². The van der Waals surface area contributed by atoms with Crippen LogP contribution in [0.3, 0.4) is 0 Å². The van der Waals surface area contributed by atoms with Crippen molar-refractivity contribution in [1.82, 2.24) is 9.78 Å². The number of esters is 1. The van der Waals surface area contributed by atoms with E-state index in [0.29, 0.717) is 17.3 Å². The first-order chi connectivity index (χ1) is 11.1. The Morgan fingerprint density at radius 2 is 1.96 bits per heavy atom. The van der Waals surface area contributed by atoms with Crippen molar-refractivity contribution >= 4 is 17.6 Å². The van der Waals surface area contributed by atoms with E-state index in [-0.39, 0.29) is 12.2 Å². The van der Waals surface area contributed by atoms with Gasteiger partial charge in [-0.2, -0.15) is 5.10 Å². The number of hydrogen-bond acceptors (Lipinski definition) is 4. The first kappa shape index (κ1) is 17.2. The molecule has 5 nitrogen and oxygen atoms in total. The number of carbonyl (C=O) groups is 1. The Hall–Kier alpha value is -2.14. The largest absolute Gasteiger partial charge is 0.462 e. The van der Waals surface area contributed by atoms with Gasteiger partial charge in [0.25, 0.3) is 5.56 Å². The number of nitrogens with zero attached hydrogens (tertiary/aromatic N) is 2. The molecule has 23 heavy (non-hydrogen) atoms. The molecule has 1 heterocycles. The maximum absolute atomic E-state index is 12.4. The van der Waals surface area contributed by atoms with Crippen LogP contribution in [0.1, 0.15) is 37.0 Å². The van der Waals surface area contributed by atoms with E-state index in [4.69, 9.17) is 16.3 Å². The average Bonchev–Trinajstić information content (AvgIpc) is 2.55. The summed E-state index contributed by atoms with van der Waals surface area (Å²) in [6.07, 6.45) is 1.73. The molecule has 0 aliphatic carbocycles. The summed E-state index contributed by atoms with van der Waals surface area (Å²) in [5.74, 6) is -0.625. The highest BCUT2D eigenvalue weighted by Gasteiger charge is 2.17. The third kappa shape index (κ3) is 4.20. The zero-order chi connectivity index (χ0) is 16.8. The molecule has 0 fully saturated rings. The average molecular weight is 335 g/mol. The molecular weight excluding hydrogens is 316 g/mol. The lowest BCUT2D eigenvalue weighted by molar-refractivity contribution is 0.0523. The van der Waals surface area contributed by atoms with Crippen LogP contribution < -0.4 is 5.56 Å². The van der Waals surface area contributed by atoms with Gasteiger partial charge in [0.1, 0.15) is 5.56 Å². The molecule has 0 radical (unpaired) electrons. The molecule has 0 bridgehead atoms. The van der Waals surface area contributed by atoms with Gasteiger partial charge in [-0.05, 0) is 31.5 Å². The molecule has 0 saturated heterocycles. The summed E-state index contributed by atoms with van der Waals surface area (Å²) in [4.78, 5) is 24.5. The maximum Gasteiger partial charge on any atom is 0.343 e. The minimum Gasteiger partial charge on any atom is -0.462 e. The van der Waals surface area contributed by atoms with Crippen LogP contribution in [0.25, 0.3) is 11.3 Å². The highest BCUT2D eigenvalue weighted by Crippen LogP contribution is 2.19. The van der Waals surface area contributed by atoms with Crippen molar-refractivity contribution in [3.63, 3.8) is 0 Å². The Balaban J connectivity index is 2.53. The molecule has 6 heteroatoms. The summed E-state index contributed by atoms with van der Waals surface area (Å²) in [6, 6.07) is 8.56. The number of aryl methyl sites for hydroxylation is 1. The number of unbranched alkanes of at least 4 members (excludes halogenated alkanes) is 1. The second-order valence-electron chi connectivity index (χ2n) is 5.05. The van der Waals surface area contributed by atoms with E-state index in [1.807, 2.05) is 6.92 Å². The van der Waals surface area contributed by atoms with Crippen molar-refractivity contribution in [2.24, 2.45) is 0 Å². The van der Waals surface area contributed by atoms with Crippen LogP contribution in [-0.2, 0) is 11.3 Å². The molecule has 0 unspecified atom stereocenters. The smallest absolute Gasteiger partial charge is 0.343 e. The van der Waals surface area contributed by atoms with Crippen LogP contribution in [0.2, 0.25) is 5.02 Å². The molecule has 1 aromatic carbocycles. The van der Waals surface area contributed by atoms with E-state index in [1.165, 1.54) is 10.7 Å². The number of rotatable bonds is 6. The lowest BCUT2D eigenvalue weighted by atomic mass is 10.1. The Labute approximate surface area is 139 Å². The highest BCUT2D eigenvalue weighted by molar-refractivity contribution is 6.30. The Morgan fingerprint density at radius 3 is 2.57 bits per heavy atom. The van der Waals surface area contributed by atoms with Crippen LogP contribution in [0.5, 0.6) is 0 Å². The maximum atomic E-state index is 12.4. The summed E-state index contributed by atoms with van der Waals surface area (Å²) in [5.41, 5.74) is 0.906. The topological polar surface area (TPSA) is 61.2 Å². The molecule has 0 aliphatic heterocycles. The minimum absolute atomic E-state index is 0.00269. The predicted molar refractivity (Wildman–Crippen MR) is 89.8 cm³/mol. The molecular formula is C17H19ClN2O3. The summed E-state index contributed by atoms with van der Waals surface area (Å²) in [5, 5.41) is 4.98. The number of hydrogen-bond donors (Lipinski definition) is 0. The van der Waals surface area contributed by atoms with Gasteiger partial charge in [0.15, 0.2) is 0 Å². The van der Waals surface area contributed by atoms with Crippen LogP contribution >= 0.6 is 11.6 Å². The van der Waals surface area contributed by atoms with E-state index in [1.54, 1.807) is 31.2 Å². The monoisotopic (exact) mass is 334 g/mol. The summed E-state index contributed by atoms with van der Waals surface area (Å²) < 4.78 is 6.31. The number of ether oxygens (including phenoxy) is 1. The standard InChI is InChI=1S/C17H19ClN2O3/c1-3-5-10-20-16(21)14(17(22)23-4-2)11-15(19-20)12-6-8-13(18)9-7-12/h6-9,11H,3-5,10H2,1-2H3. The minimum atomic E-state index is -0.625. The first-order valence-electron chi connectivity index (χ1n) is 7.62. The molecule has 0 spiro atoms. The molecule has 1 aromatic heterocycles. The van der Waals surface area contributed by atoms with Gasteiger partial charge < -0.3 is 4.74 Å². The van der Waals surface area contributed by atoms with Crippen molar-refractivity contribution in [2.45, 2.75) is 33.2 Å². The predicted octanol–water partition coefficient (Wildman–Crippen LogP) is 3.54. The van der Waals surface area contributed by atoms with Crippen molar-refractivity contribution in [3.05, 3.63) is 51.3 Å². The van der Waals surface area contributed by atoms with E-state index >= 15 is 0 Å². The normalized spacial score (nSPS) is 10.6. The van der Waals surface area contributed by atoms with Crippen molar-refractivity contribution < 1.29 is 9.53 Å². The van der Waals surface area contributed by atoms with Crippen LogP contribution in [0.15, 0.2) is 35.1 Å². The Kier molecular flexibility index (Phi) is 5.93. The first-order valence-corrected chi connectivity index (χ1v) is 7.99. The summed E-state index contributed by atoms with van der Waals surface area (Å²) in [6.45, 7) is 4.41. The molecule has 122 valence electrons. The van der Waals surface area contributed by atoms with Gasteiger partial charge in [-0.15, -0.1) is 0 Å².